The van der Waals surface area contributed by atoms with Crippen molar-refractivity contribution in [1.82, 2.24) is 4.98 Å². The molecule has 3 nitrogen and oxygen atoms in total. The zero-order valence-corrected chi connectivity index (χ0v) is 12.8. The maximum absolute atomic E-state index is 5.58. The number of benzene rings is 2. The minimum Gasteiger partial charge on any atom is -0.497 e. The van der Waals surface area contributed by atoms with E-state index >= 15 is 0 Å². The first-order valence-corrected chi connectivity index (χ1v) is 7.87. The van der Waals surface area contributed by atoms with Crippen molar-refractivity contribution in [3.63, 3.8) is 0 Å². The van der Waals surface area contributed by atoms with Crippen LogP contribution >= 0.6 is 11.3 Å². The van der Waals surface area contributed by atoms with E-state index in [1.54, 1.807) is 18.4 Å². The van der Waals surface area contributed by atoms with Gasteiger partial charge in [0.05, 0.1) is 17.8 Å². The Hall–Kier alpha value is -1.91. The molecule has 3 aromatic rings. The van der Waals surface area contributed by atoms with E-state index < -0.39 is 0 Å². The number of nitrogens with zero attached hydrogens (tertiary/aromatic N) is 1. The molecule has 108 valence electrons. The third kappa shape index (κ3) is 3.06. The van der Waals surface area contributed by atoms with Gasteiger partial charge in [0.1, 0.15) is 5.75 Å². The molecule has 0 saturated heterocycles. The molecule has 0 aliphatic carbocycles. The third-order valence-electron chi connectivity index (χ3n) is 3.52. The molecule has 4 heteroatoms. The monoisotopic (exact) mass is 298 g/mol. The Morgan fingerprint density at radius 2 is 2.14 bits per heavy atom. The lowest BCUT2D eigenvalue weighted by Gasteiger charge is -2.07. The molecule has 2 aromatic carbocycles. The van der Waals surface area contributed by atoms with Crippen LogP contribution in [-0.2, 0) is 12.8 Å². The Bertz CT molecular complexity index is 751. The standard InChI is InChI=1S/C17H18N2OS/c1-20-15-6-5-12-3-2-4-13(16(12)10-15)9-17-19-14(7-8-18)11-21-17/h2-6,10-11H,7-9,18H2,1H3. The highest BCUT2D eigenvalue weighted by Crippen LogP contribution is 2.26. The fraction of sp³-hybridized carbons (Fsp3) is 0.235. The first-order chi connectivity index (χ1) is 10.3. The fourth-order valence-electron chi connectivity index (χ4n) is 2.45. The van der Waals surface area contributed by atoms with Crippen LogP contribution in [0.2, 0.25) is 0 Å². The molecular formula is C17H18N2OS. The van der Waals surface area contributed by atoms with E-state index in [0.29, 0.717) is 6.54 Å². The van der Waals surface area contributed by atoms with Crippen molar-refractivity contribution in [2.45, 2.75) is 12.8 Å². The van der Waals surface area contributed by atoms with Gasteiger partial charge in [-0.3, -0.25) is 0 Å². The van der Waals surface area contributed by atoms with E-state index in [-0.39, 0.29) is 0 Å². The predicted octanol–water partition coefficient (Wildman–Crippen LogP) is 3.40. The van der Waals surface area contributed by atoms with Crippen LogP contribution in [0.4, 0.5) is 0 Å². The molecule has 2 N–H and O–H groups in total. The number of thiazole rings is 1. The second-order valence-corrected chi connectivity index (χ2v) is 5.89. The molecule has 0 amide bonds. The van der Waals surface area contributed by atoms with E-state index in [2.05, 4.69) is 40.7 Å². The summed E-state index contributed by atoms with van der Waals surface area (Å²) in [5, 5.41) is 5.70. The van der Waals surface area contributed by atoms with Crippen molar-refractivity contribution >= 4 is 22.1 Å². The van der Waals surface area contributed by atoms with Crippen LogP contribution in [-0.4, -0.2) is 18.6 Å². The summed E-state index contributed by atoms with van der Waals surface area (Å²) in [5.41, 5.74) is 7.95. The van der Waals surface area contributed by atoms with Crippen molar-refractivity contribution in [3.05, 3.63) is 58.0 Å². The SMILES string of the molecule is COc1ccc2cccc(Cc3nc(CCN)cs3)c2c1. The van der Waals surface area contributed by atoms with Gasteiger partial charge in [0.15, 0.2) is 0 Å². The van der Waals surface area contributed by atoms with Crippen LogP contribution in [0.1, 0.15) is 16.3 Å². The van der Waals surface area contributed by atoms with Crippen molar-refractivity contribution in [2.75, 3.05) is 13.7 Å². The van der Waals surface area contributed by atoms with Gasteiger partial charge in [-0.25, -0.2) is 4.98 Å². The van der Waals surface area contributed by atoms with Gasteiger partial charge in [-0.2, -0.15) is 0 Å². The number of hydrogen-bond donors (Lipinski definition) is 1. The highest BCUT2D eigenvalue weighted by Gasteiger charge is 2.07. The predicted molar refractivity (Wildman–Crippen MR) is 88.2 cm³/mol. The molecule has 0 unspecified atom stereocenters. The minimum atomic E-state index is 0.647. The molecule has 0 saturated carbocycles. The smallest absolute Gasteiger partial charge is 0.119 e. The molecule has 0 aliphatic rings. The number of hydrogen-bond acceptors (Lipinski definition) is 4. The molecule has 0 radical (unpaired) electrons. The fourth-order valence-corrected chi connectivity index (χ4v) is 3.30. The summed E-state index contributed by atoms with van der Waals surface area (Å²) in [7, 11) is 1.70. The number of rotatable bonds is 5. The van der Waals surface area contributed by atoms with Gasteiger partial charge in [0.2, 0.25) is 0 Å². The average molecular weight is 298 g/mol. The summed E-state index contributed by atoms with van der Waals surface area (Å²) >= 11 is 1.70. The maximum Gasteiger partial charge on any atom is 0.119 e. The van der Waals surface area contributed by atoms with E-state index in [4.69, 9.17) is 10.5 Å². The third-order valence-corrected chi connectivity index (χ3v) is 4.42. The Morgan fingerprint density at radius 1 is 1.24 bits per heavy atom. The quantitative estimate of drug-likeness (QED) is 0.785. The number of aromatic nitrogens is 1. The van der Waals surface area contributed by atoms with Crippen LogP contribution in [0.3, 0.4) is 0 Å². The summed E-state index contributed by atoms with van der Waals surface area (Å²) < 4.78 is 5.34. The average Bonchev–Trinajstić information content (AvgIpc) is 2.95. The zero-order chi connectivity index (χ0) is 14.7. The molecule has 21 heavy (non-hydrogen) atoms. The number of fused-ring (bicyclic) bond motifs is 1. The van der Waals surface area contributed by atoms with Crippen LogP contribution in [0.5, 0.6) is 5.75 Å². The Kier molecular flexibility index (Phi) is 4.18. The highest BCUT2D eigenvalue weighted by molar-refractivity contribution is 7.09. The molecular weight excluding hydrogens is 280 g/mol. The van der Waals surface area contributed by atoms with E-state index in [1.807, 2.05) is 6.07 Å². The number of methoxy groups -OCH3 is 1. The van der Waals surface area contributed by atoms with Crippen molar-refractivity contribution in [1.29, 1.82) is 0 Å². The summed E-state index contributed by atoms with van der Waals surface area (Å²) in [6, 6.07) is 12.6. The van der Waals surface area contributed by atoms with Gasteiger partial charge in [-0.05, 0) is 35.0 Å². The van der Waals surface area contributed by atoms with Crippen molar-refractivity contribution in [3.8, 4) is 5.75 Å². The van der Waals surface area contributed by atoms with Crippen LogP contribution < -0.4 is 10.5 Å². The van der Waals surface area contributed by atoms with Crippen LogP contribution in [0, 0.1) is 0 Å². The Morgan fingerprint density at radius 3 is 2.95 bits per heavy atom. The lowest BCUT2D eigenvalue weighted by molar-refractivity contribution is 0.415. The molecule has 0 fully saturated rings. The van der Waals surface area contributed by atoms with E-state index in [1.165, 1.54) is 16.3 Å². The van der Waals surface area contributed by atoms with Gasteiger partial charge in [-0.1, -0.05) is 24.3 Å². The van der Waals surface area contributed by atoms with Gasteiger partial charge in [0.25, 0.3) is 0 Å². The summed E-state index contributed by atoms with van der Waals surface area (Å²) in [6.07, 6.45) is 1.69. The number of nitrogens with two attached hydrogens (primary N) is 1. The van der Waals surface area contributed by atoms with Gasteiger partial charge in [0, 0.05) is 18.2 Å². The Balaban J connectivity index is 1.95. The topological polar surface area (TPSA) is 48.1 Å². The molecule has 1 aromatic heterocycles. The number of ether oxygens (including phenoxy) is 1. The summed E-state index contributed by atoms with van der Waals surface area (Å²) in [4.78, 5) is 4.65. The van der Waals surface area contributed by atoms with Crippen LogP contribution in [0.25, 0.3) is 10.8 Å². The normalized spacial score (nSPS) is 11.0. The molecule has 0 atom stereocenters. The van der Waals surface area contributed by atoms with E-state index in [9.17, 15) is 0 Å². The first kappa shape index (κ1) is 14.0. The summed E-state index contributed by atoms with van der Waals surface area (Å²) in [6.45, 7) is 0.647. The van der Waals surface area contributed by atoms with Gasteiger partial charge in [-0.15, -0.1) is 11.3 Å². The van der Waals surface area contributed by atoms with Crippen molar-refractivity contribution < 1.29 is 4.74 Å². The van der Waals surface area contributed by atoms with Gasteiger partial charge >= 0.3 is 0 Å². The minimum absolute atomic E-state index is 0.647. The van der Waals surface area contributed by atoms with E-state index in [0.717, 1.165) is 29.3 Å². The molecule has 0 bridgehead atoms. The van der Waals surface area contributed by atoms with Gasteiger partial charge < -0.3 is 10.5 Å². The molecule has 0 aliphatic heterocycles. The second-order valence-electron chi connectivity index (χ2n) is 4.95. The van der Waals surface area contributed by atoms with Crippen molar-refractivity contribution in [2.24, 2.45) is 5.73 Å². The molecule has 1 heterocycles. The molecule has 0 spiro atoms. The largest absolute Gasteiger partial charge is 0.497 e. The Labute approximate surface area is 128 Å². The highest BCUT2D eigenvalue weighted by atomic mass is 32.1. The maximum atomic E-state index is 5.58. The lowest BCUT2D eigenvalue weighted by atomic mass is 10.0. The second kappa shape index (κ2) is 6.24. The molecule has 3 rings (SSSR count). The van der Waals surface area contributed by atoms with Crippen LogP contribution in [0.15, 0.2) is 41.8 Å². The zero-order valence-electron chi connectivity index (χ0n) is 12.0. The summed E-state index contributed by atoms with van der Waals surface area (Å²) in [5.74, 6) is 0.887. The lowest BCUT2D eigenvalue weighted by Crippen LogP contribution is -2.03. The first-order valence-electron chi connectivity index (χ1n) is 6.99.